The summed E-state index contributed by atoms with van der Waals surface area (Å²) in [5.74, 6) is 0.691. The van der Waals surface area contributed by atoms with Crippen LogP contribution >= 0.6 is 27.5 Å². The van der Waals surface area contributed by atoms with Gasteiger partial charge in [-0.1, -0.05) is 57.9 Å². The second-order valence-electron chi connectivity index (χ2n) is 4.83. The molecule has 0 radical (unpaired) electrons. The summed E-state index contributed by atoms with van der Waals surface area (Å²) in [6.45, 7) is 0.427. The summed E-state index contributed by atoms with van der Waals surface area (Å²) in [7, 11) is 0. The molecule has 0 fully saturated rings. The van der Waals surface area contributed by atoms with Crippen LogP contribution < -0.4 is 5.43 Å². The SMILES string of the molecule is Clc1ccc2c(c1)C(c1ccccc1)=NCC(NN=CCBr)=N2. The topological polar surface area (TPSA) is 49.1 Å². The van der Waals surface area contributed by atoms with Crippen LogP contribution in [0.3, 0.4) is 0 Å². The van der Waals surface area contributed by atoms with Gasteiger partial charge in [0.05, 0.1) is 17.9 Å². The monoisotopic (exact) mass is 388 g/mol. The van der Waals surface area contributed by atoms with Gasteiger partial charge in [0.15, 0.2) is 0 Å². The van der Waals surface area contributed by atoms with E-state index in [0.29, 0.717) is 22.7 Å². The van der Waals surface area contributed by atoms with Crippen molar-refractivity contribution in [3.63, 3.8) is 0 Å². The van der Waals surface area contributed by atoms with Crippen LogP contribution in [0.5, 0.6) is 0 Å². The summed E-state index contributed by atoms with van der Waals surface area (Å²) >= 11 is 9.47. The molecule has 0 saturated heterocycles. The fourth-order valence-electron chi connectivity index (χ4n) is 2.27. The lowest BCUT2D eigenvalue weighted by Crippen LogP contribution is -2.20. The molecule has 0 aliphatic carbocycles. The number of hydrazone groups is 1. The Bertz CT molecular complexity index is 784. The normalized spacial score (nSPS) is 14.0. The molecule has 1 aliphatic rings. The smallest absolute Gasteiger partial charge is 0.144 e. The van der Waals surface area contributed by atoms with Gasteiger partial charge in [0.2, 0.25) is 0 Å². The first-order valence-electron chi connectivity index (χ1n) is 7.09. The largest absolute Gasteiger partial charge is 0.276 e. The zero-order valence-electron chi connectivity index (χ0n) is 12.2. The van der Waals surface area contributed by atoms with Crippen LogP contribution in [0.25, 0.3) is 0 Å². The molecule has 116 valence electrons. The summed E-state index contributed by atoms with van der Waals surface area (Å²) in [5, 5.41) is 5.44. The number of aliphatic imine (C=N–C) groups is 2. The van der Waals surface area contributed by atoms with Crippen LogP contribution in [0.2, 0.25) is 5.02 Å². The molecular weight excluding hydrogens is 376 g/mol. The minimum Gasteiger partial charge on any atom is -0.276 e. The average molecular weight is 390 g/mol. The molecule has 3 rings (SSSR count). The third-order valence-electron chi connectivity index (χ3n) is 3.26. The number of amidine groups is 1. The minimum atomic E-state index is 0.427. The van der Waals surface area contributed by atoms with Gasteiger partial charge in [-0.25, -0.2) is 4.99 Å². The van der Waals surface area contributed by atoms with E-state index in [0.717, 1.165) is 22.5 Å². The van der Waals surface area contributed by atoms with Gasteiger partial charge in [-0.3, -0.25) is 10.4 Å². The van der Waals surface area contributed by atoms with Crippen LogP contribution in [0, 0.1) is 0 Å². The lowest BCUT2D eigenvalue weighted by Gasteiger charge is -2.08. The zero-order valence-corrected chi connectivity index (χ0v) is 14.5. The van der Waals surface area contributed by atoms with E-state index in [4.69, 9.17) is 16.6 Å². The van der Waals surface area contributed by atoms with Gasteiger partial charge in [0.1, 0.15) is 5.84 Å². The predicted molar refractivity (Wildman–Crippen MR) is 101 cm³/mol. The van der Waals surface area contributed by atoms with Crippen LogP contribution in [-0.2, 0) is 0 Å². The Labute approximate surface area is 148 Å². The van der Waals surface area contributed by atoms with Crippen molar-refractivity contribution in [2.45, 2.75) is 0 Å². The second kappa shape index (κ2) is 7.53. The highest BCUT2D eigenvalue weighted by Crippen LogP contribution is 2.28. The molecule has 0 unspecified atom stereocenters. The summed E-state index contributed by atoms with van der Waals surface area (Å²) in [5.41, 5.74) is 6.61. The molecule has 23 heavy (non-hydrogen) atoms. The molecule has 0 aromatic heterocycles. The van der Waals surface area contributed by atoms with Crippen molar-refractivity contribution >= 4 is 51.0 Å². The molecule has 0 amide bonds. The number of alkyl halides is 1. The first-order valence-corrected chi connectivity index (χ1v) is 8.59. The third kappa shape index (κ3) is 3.86. The van der Waals surface area contributed by atoms with E-state index < -0.39 is 0 Å². The van der Waals surface area contributed by atoms with Crippen molar-refractivity contribution in [3.8, 4) is 0 Å². The summed E-state index contributed by atoms with van der Waals surface area (Å²) in [4.78, 5) is 9.35. The Balaban J connectivity index is 2.05. The van der Waals surface area contributed by atoms with Gasteiger partial charge in [-0.2, -0.15) is 5.10 Å². The van der Waals surface area contributed by atoms with E-state index in [1.54, 1.807) is 6.21 Å². The molecule has 0 bridgehead atoms. The minimum absolute atomic E-state index is 0.427. The molecular formula is C17H14BrClN4. The van der Waals surface area contributed by atoms with Gasteiger partial charge < -0.3 is 0 Å². The van der Waals surface area contributed by atoms with Gasteiger partial charge in [0, 0.05) is 27.7 Å². The number of nitrogens with one attached hydrogen (secondary N) is 1. The van der Waals surface area contributed by atoms with Crippen molar-refractivity contribution < 1.29 is 0 Å². The first-order chi connectivity index (χ1) is 11.3. The van der Waals surface area contributed by atoms with Crippen molar-refractivity contribution in [2.75, 3.05) is 11.9 Å². The lowest BCUT2D eigenvalue weighted by molar-refractivity contribution is 0.998. The Morgan fingerprint density at radius 2 is 2.04 bits per heavy atom. The summed E-state index contributed by atoms with van der Waals surface area (Å²) < 4.78 is 0. The molecule has 1 heterocycles. The number of rotatable bonds is 3. The quantitative estimate of drug-likeness (QED) is 0.477. The third-order valence-corrected chi connectivity index (χ3v) is 3.78. The number of nitrogens with zero attached hydrogens (tertiary/aromatic N) is 3. The number of benzene rings is 2. The number of halogens is 2. The molecule has 1 N–H and O–H groups in total. The van der Waals surface area contributed by atoms with E-state index in [2.05, 4.69) is 31.4 Å². The van der Waals surface area contributed by atoms with Crippen LogP contribution in [0.4, 0.5) is 5.69 Å². The first kappa shape index (κ1) is 15.9. The molecule has 6 heteroatoms. The Morgan fingerprint density at radius 1 is 1.22 bits per heavy atom. The highest BCUT2D eigenvalue weighted by atomic mass is 79.9. The summed E-state index contributed by atoms with van der Waals surface area (Å²) in [6, 6.07) is 15.7. The second-order valence-corrected chi connectivity index (χ2v) is 5.91. The van der Waals surface area contributed by atoms with Crippen molar-refractivity contribution in [3.05, 3.63) is 64.7 Å². The number of hydrogen-bond donors (Lipinski definition) is 1. The standard InChI is InChI=1S/C17H14BrClN4/c18-8-9-21-23-16-11-20-17(12-4-2-1-3-5-12)14-10-13(19)6-7-15(14)22-16/h1-7,9-10H,8,11H2,(H,22,23). The van der Waals surface area contributed by atoms with Crippen molar-refractivity contribution in [1.29, 1.82) is 0 Å². The van der Waals surface area contributed by atoms with Gasteiger partial charge >= 0.3 is 0 Å². The Hall–Kier alpha value is -1.98. The number of fused-ring (bicyclic) bond motifs is 1. The lowest BCUT2D eigenvalue weighted by atomic mass is 10.0. The van der Waals surface area contributed by atoms with E-state index in [1.807, 2.05) is 48.5 Å². The number of hydrogen-bond acceptors (Lipinski definition) is 4. The van der Waals surface area contributed by atoms with Gasteiger partial charge in [-0.05, 0) is 18.2 Å². The molecule has 1 aliphatic heterocycles. The molecule has 2 aromatic carbocycles. The Kier molecular flexibility index (Phi) is 5.20. The van der Waals surface area contributed by atoms with Gasteiger partial charge in [0.25, 0.3) is 0 Å². The van der Waals surface area contributed by atoms with E-state index in [9.17, 15) is 0 Å². The van der Waals surface area contributed by atoms with E-state index in [1.165, 1.54) is 0 Å². The Morgan fingerprint density at radius 3 is 2.83 bits per heavy atom. The average Bonchev–Trinajstić information content (AvgIpc) is 2.75. The van der Waals surface area contributed by atoms with Crippen molar-refractivity contribution in [1.82, 2.24) is 5.43 Å². The van der Waals surface area contributed by atoms with E-state index >= 15 is 0 Å². The zero-order chi connectivity index (χ0) is 16.1. The van der Waals surface area contributed by atoms with E-state index in [-0.39, 0.29) is 0 Å². The maximum Gasteiger partial charge on any atom is 0.144 e. The molecule has 4 nitrogen and oxygen atoms in total. The van der Waals surface area contributed by atoms with Gasteiger partial charge in [-0.15, -0.1) is 0 Å². The van der Waals surface area contributed by atoms with Crippen LogP contribution in [0.1, 0.15) is 11.1 Å². The maximum absolute atomic E-state index is 6.17. The molecule has 0 spiro atoms. The molecule has 0 saturated carbocycles. The fourth-order valence-corrected chi connectivity index (χ4v) is 2.59. The highest BCUT2D eigenvalue weighted by molar-refractivity contribution is 9.09. The molecule has 0 atom stereocenters. The highest BCUT2D eigenvalue weighted by Gasteiger charge is 2.16. The molecule has 2 aromatic rings. The van der Waals surface area contributed by atoms with Crippen LogP contribution in [0.15, 0.2) is 63.6 Å². The summed E-state index contributed by atoms with van der Waals surface area (Å²) in [6.07, 6.45) is 1.72. The fraction of sp³-hybridized carbons (Fsp3) is 0.118. The predicted octanol–water partition coefficient (Wildman–Crippen LogP) is 4.19. The van der Waals surface area contributed by atoms with Crippen molar-refractivity contribution in [2.24, 2.45) is 15.1 Å². The van der Waals surface area contributed by atoms with Crippen LogP contribution in [-0.4, -0.2) is 29.6 Å². The maximum atomic E-state index is 6.17.